The number of hydrogen-bond donors (Lipinski definition) is 1. The van der Waals surface area contributed by atoms with Gasteiger partial charge in [0, 0.05) is 6.20 Å². The number of carbonyl (C=O) groups is 1. The van der Waals surface area contributed by atoms with Crippen LogP contribution in [0.2, 0.25) is 0 Å². The fourth-order valence-electron chi connectivity index (χ4n) is 0.997. The first-order valence-electron chi connectivity index (χ1n) is 3.59. The monoisotopic (exact) mass is 165 g/mol. The Morgan fingerprint density at radius 3 is 3.42 bits per heavy atom. The molecule has 0 bridgehead atoms. The number of aromatic nitrogens is 2. The van der Waals surface area contributed by atoms with Crippen molar-refractivity contribution in [3.63, 3.8) is 0 Å². The van der Waals surface area contributed by atoms with Crippen molar-refractivity contribution in [3.05, 3.63) is 18.1 Å². The number of ether oxygens (including phenoxy) is 1. The molecule has 1 aromatic rings. The number of nitrogens with zero attached hydrogens (tertiary/aromatic N) is 2. The molecule has 2 rings (SSSR count). The Morgan fingerprint density at radius 1 is 1.58 bits per heavy atom. The standard InChI is InChI=1S/C7H7N3O2/c11-6-5-3-8-4-10-7(5)12-2-1-9-6/h3-4H,1-2H2,(H,9,11). The number of nitrogens with one attached hydrogen (secondary N) is 1. The Bertz CT molecular complexity index is 313. The van der Waals surface area contributed by atoms with Gasteiger partial charge in [-0.2, -0.15) is 0 Å². The van der Waals surface area contributed by atoms with E-state index in [1.54, 1.807) is 0 Å². The predicted octanol–water partition coefficient (Wildman–Crippen LogP) is -0.401. The molecule has 2 heterocycles. The van der Waals surface area contributed by atoms with Gasteiger partial charge in [-0.25, -0.2) is 9.97 Å². The normalized spacial score (nSPS) is 15.5. The summed E-state index contributed by atoms with van der Waals surface area (Å²) < 4.78 is 5.18. The highest BCUT2D eigenvalue weighted by Crippen LogP contribution is 2.13. The minimum atomic E-state index is -0.178. The SMILES string of the molecule is O=C1NCCOc2ncncc21. The highest BCUT2D eigenvalue weighted by Gasteiger charge is 2.16. The van der Waals surface area contributed by atoms with Crippen molar-refractivity contribution in [1.82, 2.24) is 15.3 Å². The molecule has 1 aliphatic rings. The number of rotatable bonds is 0. The predicted molar refractivity (Wildman–Crippen MR) is 39.9 cm³/mol. The second-order valence-electron chi connectivity index (χ2n) is 2.35. The average molecular weight is 165 g/mol. The maximum absolute atomic E-state index is 11.2. The Morgan fingerprint density at radius 2 is 2.50 bits per heavy atom. The van der Waals surface area contributed by atoms with E-state index in [4.69, 9.17) is 4.74 Å². The van der Waals surface area contributed by atoms with Crippen molar-refractivity contribution in [2.75, 3.05) is 13.2 Å². The molecule has 0 aliphatic carbocycles. The van der Waals surface area contributed by atoms with Gasteiger partial charge in [0.15, 0.2) is 0 Å². The van der Waals surface area contributed by atoms with Gasteiger partial charge in [0.1, 0.15) is 18.5 Å². The summed E-state index contributed by atoms with van der Waals surface area (Å²) in [6.45, 7) is 0.963. The van der Waals surface area contributed by atoms with Crippen molar-refractivity contribution in [2.45, 2.75) is 0 Å². The van der Waals surface area contributed by atoms with Gasteiger partial charge < -0.3 is 10.1 Å². The van der Waals surface area contributed by atoms with Gasteiger partial charge >= 0.3 is 0 Å². The lowest BCUT2D eigenvalue weighted by Gasteiger charge is -2.00. The number of amides is 1. The first kappa shape index (κ1) is 7.02. The molecule has 12 heavy (non-hydrogen) atoms. The minimum absolute atomic E-state index is 0.178. The van der Waals surface area contributed by atoms with Crippen LogP contribution in [0.5, 0.6) is 5.88 Å². The topological polar surface area (TPSA) is 64.1 Å². The van der Waals surface area contributed by atoms with E-state index < -0.39 is 0 Å². The van der Waals surface area contributed by atoms with Crippen LogP contribution in [-0.2, 0) is 0 Å². The lowest BCUT2D eigenvalue weighted by molar-refractivity contribution is 0.0956. The maximum atomic E-state index is 11.2. The van der Waals surface area contributed by atoms with Crippen molar-refractivity contribution in [2.24, 2.45) is 0 Å². The molecule has 0 atom stereocenters. The molecule has 0 aromatic carbocycles. The fourth-order valence-corrected chi connectivity index (χ4v) is 0.997. The smallest absolute Gasteiger partial charge is 0.258 e. The number of hydrogen-bond acceptors (Lipinski definition) is 4. The molecule has 1 amide bonds. The summed E-state index contributed by atoms with van der Waals surface area (Å²) in [6.07, 6.45) is 2.81. The molecule has 1 aliphatic heterocycles. The molecule has 5 heteroatoms. The summed E-state index contributed by atoms with van der Waals surface area (Å²) in [7, 11) is 0. The van der Waals surface area contributed by atoms with E-state index in [0.29, 0.717) is 24.6 Å². The van der Waals surface area contributed by atoms with Crippen LogP contribution < -0.4 is 10.1 Å². The van der Waals surface area contributed by atoms with Crippen LogP contribution in [-0.4, -0.2) is 29.0 Å². The minimum Gasteiger partial charge on any atom is -0.475 e. The van der Waals surface area contributed by atoms with Crippen molar-refractivity contribution in [1.29, 1.82) is 0 Å². The Kier molecular flexibility index (Phi) is 1.62. The molecule has 0 spiro atoms. The molecular weight excluding hydrogens is 158 g/mol. The number of carbonyl (C=O) groups excluding carboxylic acids is 1. The molecule has 62 valence electrons. The van der Waals surface area contributed by atoms with Gasteiger partial charge in [-0.15, -0.1) is 0 Å². The molecule has 1 N–H and O–H groups in total. The summed E-state index contributed by atoms with van der Waals surface area (Å²) in [5.41, 5.74) is 0.398. The van der Waals surface area contributed by atoms with Crippen molar-refractivity contribution in [3.8, 4) is 5.88 Å². The van der Waals surface area contributed by atoms with E-state index in [2.05, 4.69) is 15.3 Å². The second kappa shape index (κ2) is 2.77. The van der Waals surface area contributed by atoms with Gasteiger partial charge in [-0.1, -0.05) is 0 Å². The molecule has 0 unspecified atom stereocenters. The van der Waals surface area contributed by atoms with Gasteiger partial charge in [0.05, 0.1) is 6.54 Å². The summed E-state index contributed by atoms with van der Waals surface area (Å²) in [5.74, 6) is 0.183. The molecule has 1 aromatic heterocycles. The van der Waals surface area contributed by atoms with Gasteiger partial charge in [0.2, 0.25) is 5.88 Å². The first-order valence-corrected chi connectivity index (χ1v) is 3.59. The second-order valence-corrected chi connectivity index (χ2v) is 2.35. The maximum Gasteiger partial charge on any atom is 0.258 e. The first-order chi connectivity index (χ1) is 5.88. The summed E-state index contributed by atoms with van der Waals surface area (Å²) >= 11 is 0. The molecule has 5 nitrogen and oxygen atoms in total. The molecular formula is C7H7N3O2. The van der Waals surface area contributed by atoms with Crippen LogP contribution in [0.3, 0.4) is 0 Å². The van der Waals surface area contributed by atoms with E-state index in [1.807, 2.05) is 0 Å². The fraction of sp³-hybridized carbons (Fsp3) is 0.286. The largest absolute Gasteiger partial charge is 0.475 e. The third-order valence-electron chi connectivity index (χ3n) is 1.55. The summed E-state index contributed by atoms with van der Waals surface area (Å²) in [4.78, 5) is 18.8. The van der Waals surface area contributed by atoms with Gasteiger partial charge in [-0.05, 0) is 0 Å². The lowest BCUT2D eigenvalue weighted by Crippen LogP contribution is -2.24. The van der Waals surface area contributed by atoms with Crippen LogP contribution in [0.15, 0.2) is 12.5 Å². The zero-order valence-corrected chi connectivity index (χ0v) is 6.28. The van der Waals surface area contributed by atoms with E-state index in [0.717, 1.165) is 0 Å². The number of fused-ring (bicyclic) bond motifs is 1. The zero-order chi connectivity index (χ0) is 8.39. The average Bonchev–Trinajstić information content (AvgIpc) is 2.29. The van der Waals surface area contributed by atoms with Crippen LogP contribution >= 0.6 is 0 Å². The van der Waals surface area contributed by atoms with Crippen LogP contribution in [0.25, 0.3) is 0 Å². The third-order valence-corrected chi connectivity index (χ3v) is 1.55. The third kappa shape index (κ3) is 1.09. The highest BCUT2D eigenvalue weighted by atomic mass is 16.5. The van der Waals surface area contributed by atoms with E-state index in [1.165, 1.54) is 12.5 Å². The molecule has 0 saturated heterocycles. The summed E-state index contributed by atoms with van der Waals surface area (Å²) in [6, 6.07) is 0. The molecule has 0 fully saturated rings. The van der Waals surface area contributed by atoms with E-state index in [-0.39, 0.29) is 5.91 Å². The Balaban J connectivity index is 2.46. The van der Waals surface area contributed by atoms with Crippen molar-refractivity contribution >= 4 is 5.91 Å². The van der Waals surface area contributed by atoms with E-state index >= 15 is 0 Å². The highest BCUT2D eigenvalue weighted by molar-refractivity contribution is 5.96. The Hall–Kier alpha value is -1.65. The van der Waals surface area contributed by atoms with Crippen LogP contribution in [0, 0.1) is 0 Å². The van der Waals surface area contributed by atoms with Gasteiger partial charge in [-0.3, -0.25) is 4.79 Å². The van der Waals surface area contributed by atoms with Crippen molar-refractivity contribution < 1.29 is 9.53 Å². The summed E-state index contributed by atoms with van der Waals surface area (Å²) in [5, 5.41) is 2.66. The molecule has 0 saturated carbocycles. The van der Waals surface area contributed by atoms with Crippen LogP contribution in [0.1, 0.15) is 10.4 Å². The molecule has 0 radical (unpaired) electrons. The Labute approximate surface area is 68.8 Å². The van der Waals surface area contributed by atoms with E-state index in [9.17, 15) is 4.79 Å². The lowest BCUT2D eigenvalue weighted by atomic mass is 10.3. The van der Waals surface area contributed by atoms with Crippen LogP contribution in [0.4, 0.5) is 0 Å². The van der Waals surface area contributed by atoms with Gasteiger partial charge in [0.25, 0.3) is 5.91 Å². The zero-order valence-electron chi connectivity index (χ0n) is 6.28. The quantitative estimate of drug-likeness (QED) is 0.568.